The minimum Gasteiger partial charge on any atom is -0.490 e. The molecule has 150 valence electrons. The number of thioether (sulfide) groups is 1. The van der Waals surface area contributed by atoms with Crippen LogP contribution in [-0.4, -0.2) is 30.8 Å². The molecule has 0 unspecified atom stereocenters. The third kappa shape index (κ3) is 6.73. The standard InChI is InChI=1S/C19H20F2N2O4S/c1-3-26-16-10-13(6-9-15(16)27-19(20)21)18(25)23-22-17(24)11-28-14-7-4-12(2)5-8-14/h4-10,19H,3,11H2,1-2H3,(H,22,24)(H,23,25). The molecule has 2 amide bonds. The topological polar surface area (TPSA) is 76.7 Å². The van der Waals surface area contributed by atoms with E-state index in [1.807, 2.05) is 31.2 Å². The van der Waals surface area contributed by atoms with Crippen molar-refractivity contribution in [2.24, 2.45) is 0 Å². The molecular formula is C19H20F2N2O4S. The summed E-state index contributed by atoms with van der Waals surface area (Å²) in [6, 6.07) is 11.5. The molecule has 0 aliphatic heterocycles. The summed E-state index contributed by atoms with van der Waals surface area (Å²) in [6.45, 7) is 0.839. The zero-order chi connectivity index (χ0) is 20.5. The van der Waals surface area contributed by atoms with Crippen molar-refractivity contribution in [3.63, 3.8) is 0 Å². The number of alkyl halides is 2. The maximum absolute atomic E-state index is 12.4. The summed E-state index contributed by atoms with van der Waals surface area (Å²) in [7, 11) is 0. The fourth-order valence-corrected chi connectivity index (χ4v) is 2.83. The van der Waals surface area contributed by atoms with Gasteiger partial charge in [-0.15, -0.1) is 11.8 Å². The number of hydrogen-bond donors (Lipinski definition) is 2. The van der Waals surface area contributed by atoms with Gasteiger partial charge in [-0.3, -0.25) is 20.4 Å². The van der Waals surface area contributed by atoms with E-state index in [2.05, 4.69) is 15.6 Å². The van der Waals surface area contributed by atoms with Crippen molar-refractivity contribution in [2.45, 2.75) is 25.4 Å². The lowest BCUT2D eigenvalue weighted by molar-refractivity contribution is -0.119. The zero-order valence-corrected chi connectivity index (χ0v) is 16.1. The molecule has 0 heterocycles. The summed E-state index contributed by atoms with van der Waals surface area (Å²) >= 11 is 1.33. The Morgan fingerprint density at radius 1 is 1.07 bits per heavy atom. The highest BCUT2D eigenvalue weighted by Gasteiger charge is 2.15. The van der Waals surface area contributed by atoms with Crippen molar-refractivity contribution in [1.82, 2.24) is 10.9 Å². The van der Waals surface area contributed by atoms with Gasteiger partial charge in [-0.05, 0) is 44.2 Å². The molecular weight excluding hydrogens is 390 g/mol. The van der Waals surface area contributed by atoms with E-state index < -0.39 is 12.5 Å². The molecule has 28 heavy (non-hydrogen) atoms. The van der Waals surface area contributed by atoms with Crippen LogP contribution in [0.25, 0.3) is 0 Å². The second kappa shape index (κ2) is 10.5. The number of amides is 2. The van der Waals surface area contributed by atoms with Crippen molar-refractivity contribution in [2.75, 3.05) is 12.4 Å². The predicted molar refractivity (Wildman–Crippen MR) is 102 cm³/mol. The van der Waals surface area contributed by atoms with Crippen LogP contribution < -0.4 is 20.3 Å². The smallest absolute Gasteiger partial charge is 0.387 e. The van der Waals surface area contributed by atoms with Gasteiger partial charge in [0.15, 0.2) is 11.5 Å². The van der Waals surface area contributed by atoms with Crippen LogP contribution in [0.3, 0.4) is 0 Å². The lowest BCUT2D eigenvalue weighted by Gasteiger charge is -2.13. The first-order valence-corrected chi connectivity index (χ1v) is 9.38. The van der Waals surface area contributed by atoms with E-state index in [-0.39, 0.29) is 35.3 Å². The molecule has 0 atom stereocenters. The molecule has 0 saturated heterocycles. The second-order valence-electron chi connectivity index (χ2n) is 5.58. The molecule has 2 rings (SSSR count). The van der Waals surface area contributed by atoms with E-state index in [4.69, 9.17) is 4.74 Å². The molecule has 9 heteroatoms. The monoisotopic (exact) mass is 410 g/mol. The molecule has 6 nitrogen and oxygen atoms in total. The lowest BCUT2D eigenvalue weighted by Crippen LogP contribution is -2.42. The minimum atomic E-state index is -3.01. The first-order chi connectivity index (χ1) is 13.4. The van der Waals surface area contributed by atoms with E-state index in [0.717, 1.165) is 10.5 Å². The number of benzene rings is 2. The molecule has 0 aliphatic rings. The Balaban J connectivity index is 1.89. The van der Waals surface area contributed by atoms with E-state index in [9.17, 15) is 18.4 Å². The van der Waals surface area contributed by atoms with Gasteiger partial charge >= 0.3 is 6.61 Å². The number of carbonyl (C=O) groups excluding carboxylic acids is 2. The van der Waals surface area contributed by atoms with E-state index in [1.54, 1.807) is 6.92 Å². The van der Waals surface area contributed by atoms with Crippen LogP contribution >= 0.6 is 11.8 Å². The molecule has 0 aromatic heterocycles. The maximum Gasteiger partial charge on any atom is 0.387 e. The van der Waals surface area contributed by atoms with Gasteiger partial charge < -0.3 is 9.47 Å². The Labute approximate surface area is 165 Å². The van der Waals surface area contributed by atoms with Crippen LogP contribution in [0.2, 0.25) is 0 Å². The number of ether oxygens (including phenoxy) is 2. The van der Waals surface area contributed by atoms with E-state index in [0.29, 0.717) is 0 Å². The van der Waals surface area contributed by atoms with Gasteiger partial charge in [0.05, 0.1) is 12.4 Å². The van der Waals surface area contributed by atoms with E-state index in [1.165, 1.54) is 30.0 Å². The Kier molecular flexibility index (Phi) is 8.06. The van der Waals surface area contributed by atoms with Crippen molar-refractivity contribution < 1.29 is 27.8 Å². The highest BCUT2D eigenvalue weighted by molar-refractivity contribution is 8.00. The second-order valence-corrected chi connectivity index (χ2v) is 6.63. The number of hydrazine groups is 1. The average molecular weight is 410 g/mol. The quantitative estimate of drug-likeness (QED) is 0.514. The highest BCUT2D eigenvalue weighted by Crippen LogP contribution is 2.29. The lowest BCUT2D eigenvalue weighted by atomic mass is 10.2. The summed E-state index contributed by atoms with van der Waals surface area (Å²) in [6.07, 6.45) is 0. The van der Waals surface area contributed by atoms with Gasteiger partial charge in [-0.25, -0.2) is 0 Å². The Bertz CT molecular complexity index is 816. The Morgan fingerprint density at radius 3 is 2.43 bits per heavy atom. The van der Waals surface area contributed by atoms with Gasteiger partial charge in [-0.1, -0.05) is 17.7 Å². The van der Waals surface area contributed by atoms with Gasteiger partial charge in [0.2, 0.25) is 5.91 Å². The first-order valence-electron chi connectivity index (χ1n) is 8.39. The molecule has 0 fully saturated rings. The molecule has 0 spiro atoms. The van der Waals surface area contributed by atoms with Crippen molar-refractivity contribution in [3.8, 4) is 11.5 Å². The van der Waals surface area contributed by atoms with Crippen LogP contribution in [0.1, 0.15) is 22.8 Å². The predicted octanol–water partition coefficient (Wildman–Crippen LogP) is 3.55. The van der Waals surface area contributed by atoms with Crippen LogP contribution in [0.4, 0.5) is 8.78 Å². The summed E-state index contributed by atoms with van der Waals surface area (Å²) < 4.78 is 34.4. The molecule has 0 saturated carbocycles. The third-order valence-electron chi connectivity index (χ3n) is 3.43. The van der Waals surface area contributed by atoms with Crippen molar-refractivity contribution in [1.29, 1.82) is 0 Å². The number of halogens is 2. The number of hydrogen-bond acceptors (Lipinski definition) is 5. The molecule has 2 aromatic carbocycles. The average Bonchev–Trinajstić information content (AvgIpc) is 2.66. The first kappa shape index (κ1) is 21.5. The maximum atomic E-state index is 12.4. The molecule has 0 bridgehead atoms. The Hall–Kier alpha value is -2.81. The van der Waals surface area contributed by atoms with Crippen LogP contribution in [0.15, 0.2) is 47.4 Å². The molecule has 0 aliphatic carbocycles. The van der Waals surface area contributed by atoms with Gasteiger partial charge in [-0.2, -0.15) is 8.78 Å². The summed E-state index contributed by atoms with van der Waals surface area (Å²) in [4.78, 5) is 25.0. The SMILES string of the molecule is CCOc1cc(C(=O)NNC(=O)CSc2ccc(C)cc2)ccc1OC(F)F. The van der Waals surface area contributed by atoms with Crippen LogP contribution in [0.5, 0.6) is 11.5 Å². The van der Waals surface area contributed by atoms with Gasteiger partial charge in [0.25, 0.3) is 5.91 Å². The molecule has 2 N–H and O–H groups in total. The zero-order valence-electron chi connectivity index (χ0n) is 15.3. The fourth-order valence-electron chi connectivity index (χ4n) is 2.13. The fraction of sp³-hybridized carbons (Fsp3) is 0.263. The van der Waals surface area contributed by atoms with Crippen LogP contribution in [-0.2, 0) is 4.79 Å². The number of aryl methyl sites for hydroxylation is 1. The van der Waals surface area contributed by atoms with Crippen molar-refractivity contribution in [3.05, 3.63) is 53.6 Å². The number of carbonyl (C=O) groups is 2. The Morgan fingerprint density at radius 2 is 1.79 bits per heavy atom. The van der Waals surface area contributed by atoms with Crippen molar-refractivity contribution >= 4 is 23.6 Å². The molecule has 2 aromatic rings. The van der Waals surface area contributed by atoms with Gasteiger partial charge in [0, 0.05) is 10.5 Å². The summed E-state index contributed by atoms with van der Waals surface area (Å²) in [5.41, 5.74) is 5.83. The number of nitrogens with one attached hydrogen (secondary N) is 2. The third-order valence-corrected chi connectivity index (χ3v) is 4.44. The largest absolute Gasteiger partial charge is 0.490 e. The highest BCUT2D eigenvalue weighted by atomic mass is 32.2. The summed E-state index contributed by atoms with van der Waals surface area (Å²) in [5.74, 6) is -1.04. The number of rotatable bonds is 8. The summed E-state index contributed by atoms with van der Waals surface area (Å²) in [5, 5.41) is 0. The minimum absolute atomic E-state index is 0.0108. The molecule has 0 radical (unpaired) electrons. The van der Waals surface area contributed by atoms with E-state index >= 15 is 0 Å². The van der Waals surface area contributed by atoms with Crippen LogP contribution in [0, 0.1) is 6.92 Å². The van der Waals surface area contributed by atoms with Gasteiger partial charge in [0.1, 0.15) is 0 Å². The normalized spacial score (nSPS) is 10.5.